The molecule has 0 heterocycles. The molecule has 0 saturated heterocycles. The minimum absolute atomic E-state index is 0.0742. The van der Waals surface area contributed by atoms with E-state index in [1.165, 1.54) is 56.4 Å². The molecule has 0 radical (unpaired) electrons. The van der Waals surface area contributed by atoms with Gasteiger partial charge in [-0.05, 0) is 68.3 Å². The van der Waals surface area contributed by atoms with E-state index in [4.69, 9.17) is 21.1 Å². The lowest BCUT2D eigenvalue weighted by atomic mass is 10.0. The molecule has 0 saturated carbocycles. The summed E-state index contributed by atoms with van der Waals surface area (Å²) in [6.07, 6.45) is 0.118. The predicted octanol–water partition coefficient (Wildman–Crippen LogP) is 5.93. The molecule has 0 spiro atoms. The van der Waals surface area contributed by atoms with Crippen molar-refractivity contribution in [3.8, 4) is 11.5 Å². The third-order valence-electron chi connectivity index (χ3n) is 7.84. The summed E-state index contributed by atoms with van der Waals surface area (Å²) >= 11 is 6.34. The van der Waals surface area contributed by atoms with Gasteiger partial charge in [-0.3, -0.25) is 24.0 Å². The van der Waals surface area contributed by atoms with Crippen LogP contribution in [0.15, 0.2) is 95.9 Å². The van der Waals surface area contributed by atoms with Crippen LogP contribution in [0.5, 0.6) is 11.5 Å². The van der Waals surface area contributed by atoms with Crippen molar-refractivity contribution in [3.63, 3.8) is 0 Å². The number of ether oxygens (including phenoxy) is 2. The van der Waals surface area contributed by atoms with Gasteiger partial charge in [0.05, 0.1) is 29.7 Å². The van der Waals surface area contributed by atoms with E-state index in [0.29, 0.717) is 11.3 Å². The molecule has 0 unspecified atom stereocenters. The zero-order valence-corrected chi connectivity index (χ0v) is 29.9. The number of benzene rings is 4. The molecule has 50 heavy (non-hydrogen) atoms. The number of carbonyl (C=O) groups excluding carboxylic acids is 2. The van der Waals surface area contributed by atoms with Gasteiger partial charge in [0.15, 0.2) is 0 Å². The number of hydrogen-bond acceptors (Lipinski definition) is 8. The fourth-order valence-electron chi connectivity index (χ4n) is 5.35. The molecule has 0 aromatic heterocycles. The van der Waals surface area contributed by atoms with Crippen LogP contribution in [0.4, 0.5) is 11.4 Å². The number of nitrogens with one attached hydrogen (secondary N) is 1. The maximum Gasteiger partial charge on any atom is 0.273 e. The van der Waals surface area contributed by atoms with Gasteiger partial charge < -0.3 is 19.7 Å². The summed E-state index contributed by atoms with van der Waals surface area (Å²) in [5, 5.41) is 14.8. The number of nitro groups is 1. The highest BCUT2D eigenvalue weighted by Crippen LogP contribution is 2.36. The van der Waals surface area contributed by atoms with Crippen molar-refractivity contribution in [1.82, 2.24) is 10.2 Å². The Kier molecular flexibility index (Phi) is 12.4. The molecule has 1 N–H and O–H groups in total. The number of amides is 2. The summed E-state index contributed by atoms with van der Waals surface area (Å²) in [6.45, 7) is 4.18. The van der Waals surface area contributed by atoms with E-state index in [9.17, 15) is 28.1 Å². The second-order valence-corrected chi connectivity index (χ2v) is 14.1. The molecular formula is C36H39ClN4O8S. The number of aryl methyl sites for hydroxylation is 1. The summed E-state index contributed by atoms with van der Waals surface area (Å²) in [5.74, 6) is -0.580. The van der Waals surface area contributed by atoms with Crippen molar-refractivity contribution in [1.29, 1.82) is 0 Å². The standard InChI is InChI=1S/C36H39ClN4O8S/c1-24(2)38-36(43)33(19-26-10-7-6-8-11-26)39(22-27-12-9-13-29(18-27)48-4)35(42)23-40(32-20-28(37)15-17-34(32)49-5)50(46,47)30-16-14-25(3)31(21-30)41(44)45/h6-18,20-21,24,33H,19,22-23H2,1-5H3,(H,38,43)/t33-/m1/s1. The number of hydrogen-bond donors (Lipinski definition) is 1. The van der Waals surface area contributed by atoms with Gasteiger partial charge in [-0.2, -0.15) is 0 Å². The van der Waals surface area contributed by atoms with E-state index in [-0.39, 0.29) is 41.0 Å². The smallest absolute Gasteiger partial charge is 0.273 e. The van der Waals surface area contributed by atoms with Gasteiger partial charge in [-0.15, -0.1) is 0 Å². The maximum atomic E-state index is 14.7. The minimum Gasteiger partial charge on any atom is -0.497 e. The molecule has 4 aromatic rings. The van der Waals surface area contributed by atoms with Crippen molar-refractivity contribution < 1.29 is 32.4 Å². The number of carbonyl (C=O) groups is 2. The van der Waals surface area contributed by atoms with Gasteiger partial charge in [-0.25, -0.2) is 8.42 Å². The van der Waals surface area contributed by atoms with Gasteiger partial charge in [0.25, 0.3) is 15.7 Å². The average molecular weight is 723 g/mol. The van der Waals surface area contributed by atoms with E-state index < -0.39 is 49.9 Å². The number of methoxy groups -OCH3 is 2. The zero-order chi connectivity index (χ0) is 36.6. The van der Waals surface area contributed by atoms with E-state index >= 15 is 0 Å². The molecule has 0 aliphatic carbocycles. The SMILES string of the molecule is COc1cccc(CN(C(=O)CN(c2cc(Cl)ccc2OC)S(=O)(=O)c2ccc(C)c([N+](=O)[O-])c2)[C@H](Cc2ccccc2)C(=O)NC(C)C)c1. The summed E-state index contributed by atoms with van der Waals surface area (Å²) in [4.78, 5) is 40.6. The summed E-state index contributed by atoms with van der Waals surface area (Å²) < 4.78 is 40.6. The van der Waals surface area contributed by atoms with E-state index in [2.05, 4.69) is 5.32 Å². The normalized spacial score (nSPS) is 11.8. The lowest BCUT2D eigenvalue weighted by Crippen LogP contribution is -2.54. The topological polar surface area (TPSA) is 148 Å². The monoisotopic (exact) mass is 722 g/mol. The van der Waals surface area contributed by atoms with Gasteiger partial charge in [0, 0.05) is 35.7 Å². The molecule has 4 rings (SSSR count). The molecule has 2 amide bonds. The Hall–Kier alpha value is -5.14. The first-order valence-electron chi connectivity index (χ1n) is 15.6. The Morgan fingerprint density at radius 3 is 2.26 bits per heavy atom. The fourth-order valence-corrected chi connectivity index (χ4v) is 6.95. The largest absolute Gasteiger partial charge is 0.497 e. The molecule has 0 aliphatic heterocycles. The molecule has 0 bridgehead atoms. The molecule has 14 heteroatoms. The van der Waals surface area contributed by atoms with Gasteiger partial charge in [-0.1, -0.05) is 60.1 Å². The second kappa shape index (κ2) is 16.5. The van der Waals surface area contributed by atoms with Gasteiger partial charge in [0.2, 0.25) is 11.8 Å². The van der Waals surface area contributed by atoms with Crippen molar-refractivity contribution >= 4 is 44.8 Å². The first-order chi connectivity index (χ1) is 23.7. The Labute approximate surface area is 296 Å². The van der Waals surface area contributed by atoms with Crippen molar-refractivity contribution in [2.45, 2.75) is 50.7 Å². The number of halogens is 1. The van der Waals surface area contributed by atoms with Crippen LogP contribution in [0, 0.1) is 17.0 Å². The average Bonchev–Trinajstić information content (AvgIpc) is 3.08. The van der Waals surface area contributed by atoms with E-state index in [1.807, 2.05) is 30.3 Å². The third-order valence-corrected chi connectivity index (χ3v) is 9.83. The molecule has 12 nitrogen and oxygen atoms in total. The molecule has 1 atom stereocenters. The summed E-state index contributed by atoms with van der Waals surface area (Å²) in [7, 11) is -1.85. The van der Waals surface area contributed by atoms with Crippen LogP contribution in [0.25, 0.3) is 0 Å². The highest BCUT2D eigenvalue weighted by atomic mass is 35.5. The highest BCUT2D eigenvalue weighted by Gasteiger charge is 2.36. The number of anilines is 1. The fraction of sp³-hybridized carbons (Fsp3) is 0.278. The quantitative estimate of drug-likeness (QED) is 0.117. The van der Waals surface area contributed by atoms with Crippen LogP contribution in [0.3, 0.4) is 0 Å². The van der Waals surface area contributed by atoms with Crippen LogP contribution in [-0.4, -0.2) is 62.9 Å². The van der Waals surface area contributed by atoms with Gasteiger partial charge >= 0.3 is 0 Å². The molecule has 0 fully saturated rings. The van der Waals surface area contributed by atoms with Crippen LogP contribution in [0.1, 0.15) is 30.5 Å². The number of rotatable bonds is 15. The molecule has 264 valence electrons. The van der Waals surface area contributed by atoms with Crippen LogP contribution >= 0.6 is 11.6 Å². The Bertz CT molecular complexity index is 1960. The summed E-state index contributed by atoms with van der Waals surface area (Å²) in [5.41, 5.74) is 1.15. The Balaban J connectivity index is 1.90. The lowest BCUT2D eigenvalue weighted by Gasteiger charge is -2.34. The maximum absolute atomic E-state index is 14.7. The third kappa shape index (κ3) is 9.10. The minimum atomic E-state index is -4.69. The lowest BCUT2D eigenvalue weighted by molar-refractivity contribution is -0.385. The van der Waals surface area contributed by atoms with Crippen LogP contribution in [-0.2, 0) is 32.6 Å². The zero-order valence-electron chi connectivity index (χ0n) is 28.3. The number of nitrogens with zero attached hydrogens (tertiary/aromatic N) is 3. The Morgan fingerprint density at radius 1 is 0.920 bits per heavy atom. The molecule has 4 aromatic carbocycles. The first kappa shape index (κ1) is 37.7. The molecular weight excluding hydrogens is 684 g/mol. The van der Waals surface area contributed by atoms with E-state index in [0.717, 1.165) is 15.9 Å². The molecule has 0 aliphatic rings. The predicted molar refractivity (Wildman–Crippen MR) is 191 cm³/mol. The summed E-state index contributed by atoms with van der Waals surface area (Å²) in [6, 6.07) is 22.5. The van der Waals surface area contributed by atoms with Crippen molar-refractivity contribution in [3.05, 3.63) is 123 Å². The Morgan fingerprint density at radius 2 is 1.62 bits per heavy atom. The van der Waals surface area contributed by atoms with Crippen LogP contribution < -0.4 is 19.1 Å². The number of nitro benzene ring substituents is 1. The van der Waals surface area contributed by atoms with Crippen molar-refractivity contribution in [2.75, 3.05) is 25.1 Å². The first-order valence-corrected chi connectivity index (χ1v) is 17.4. The number of sulfonamides is 1. The van der Waals surface area contributed by atoms with E-state index in [1.54, 1.807) is 38.1 Å². The van der Waals surface area contributed by atoms with Crippen LogP contribution in [0.2, 0.25) is 5.02 Å². The second-order valence-electron chi connectivity index (χ2n) is 11.8. The highest BCUT2D eigenvalue weighted by molar-refractivity contribution is 7.92. The van der Waals surface area contributed by atoms with Crippen molar-refractivity contribution in [2.24, 2.45) is 0 Å². The van der Waals surface area contributed by atoms with Gasteiger partial charge in [0.1, 0.15) is 24.1 Å².